The van der Waals surface area contributed by atoms with Crippen molar-refractivity contribution >= 4 is 5.97 Å². The van der Waals surface area contributed by atoms with Crippen LogP contribution in [-0.4, -0.2) is 5.97 Å². The Morgan fingerprint density at radius 1 is 1.38 bits per heavy atom. The van der Waals surface area contributed by atoms with Crippen LogP contribution in [0.4, 0.5) is 0 Å². The summed E-state index contributed by atoms with van der Waals surface area (Å²) in [5, 5.41) is 0. The van der Waals surface area contributed by atoms with E-state index < -0.39 is 0 Å². The van der Waals surface area contributed by atoms with E-state index in [4.69, 9.17) is 4.74 Å². The Balaban J connectivity index is 2.77. The maximum atomic E-state index is 10.6. The number of hydrogen-bond donors (Lipinski definition) is 0. The van der Waals surface area contributed by atoms with Gasteiger partial charge in [-0.3, -0.25) is 4.79 Å². The third kappa shape index (κ3) is 2.58. The van der Waals surface area contributed by atoms with Gasteiger partial charge in [0.15, 0.2) is 0 Å². The number of rotatable bonds is 2. The van der Waals surface area contributed by atoms with Crippen molar-refractivity contribution in [3.05, 3.63) is 34.9 Å². The van der Waals surface area contributed by atoms with E-state index in [2.05, 4.69) is 0 Å². The van der Waals surface area contributed by atoms with E-state index in [1.807, 2.05) is 32.0 Å². The van der Waals surface area contributed by atoms with E-state index in [1.54, 1.807) is 0 Å². The van der Waals surface area contributed by atoms with Crippen LogP contribution in [0.5, 0.6) is 0 Å². The second kappa shape index (κ2) is 4.08. The summed E-state index contributed by atoms with van der Waals surface area (Å²) in [7, 11) is 0. The lowest BCUT2D eigenvalue weighted by atomic mass is 10.0. The lowest BCUT2D eigenvalue weighted by Crippen LogP contribution is -2.01. The number of hydrogen-bond acceptors (Lipinski definition) is 2. The summed E-state index contributed by atoms with van der Waals surface area (Å²) < 4.78 is 4.92. The van der Waals surface area contributed by atoms with Gasteiger partial charge in [-0.25, -0.2) is 0 Å². The van der Waals surface area contributed by atoms with Crippen molar-refractivity contribution in [1.82, 2.24) is 0 Å². The Morgan fingerprint density at radius 3 is 2.69 bits per heavy atom. The van der Waals surface area contributed by atoms with Gasteiger partial charge in [0.1, 0.15) is 6.61 Å². The molecule has 0 radical (unpaired) electrons. The zero-order chi connectivity index (χ0) is 9.84. The first kappa shape index (κ1) is 9.78. The van der Waals surface area contributed by atoms with Crippen LogP contribution in [0, 0.1) is 13.8 Å². The van der Waals surface area contributed by atoms with Crippen LogP contribution in [0.2, 0.25) is 0 Å². The summed E-state index contributed by atoms with van der Waals surface area (Å²) in [5.41, 5.74) is 3.50. The highest BCUT2D eigenvalue weighted by Crippen LogP contribution is 2.13. The Kier molecular flexibility index (Phi) is 3.07. The van der Waals surface area contributed by atoms with Gasteiger partial charge in [0.2, 0.25) is 0 Å². The minimum Gasteiger partial charge on any atom is -0.461 e. The SMILES string of the molecule is CC(=O)OCc1cccc(C)c1C. The third-order valence-electron chi connectivity index (χ3n) is 2.15. The molecule has 70 valence electrons. The van der Waals surface area contributed by atoms with Crippen LogP contribution in [0.25, 0.3) is 0 Å². The molecule has 0 amide bonds. The van der Waals surface area contributed by atoms with Crippen molar-refractivity contribution in [3.8, 4) is 0 Å². The van der Waals surface area contributed by atoms with Crippen LogP contribution in [0.1, 0.15) is 23.6 Å². The molecule has 1 aromatic carbocycles. The predicted molar refractivity (Wildman–Crippen MR) is 51.4 cm³/mol. The predicted octanol–water partition coefficient (Wildman–Crippen LogP) is 2.37. The highest BCUT2D eigenvalue weighted by atomic mass is 16.5. The van der Waals surface area contributed by atoms with Crippen molar-refractivity contribution in [1.29, 1.82) is 0 Å². The zero-order valence-electron chi connectivity index (χ0n) is 8.26. The van der Waals surface area contributed by atoms with Gasteiger partial charge in [-0.1, -0.05) is 18.2 Å². The topological polar surface area (TPSA) is 26.3 Å². The molecule has 0 saturated carbocycles. The molecule has 13 heavy (non-hydrogen) atoms. The number of carbonyl (C=O) groups is 1. The molecule has 0 aromatic heterocycles. The minimum absolute atomic E-state index is 0.235. The van der Waals surface area contributed by atoms with E-state index in [0.29, 0.717) is 6.61 Å². The monoisotopic (exact) mass is 178 g/mol. The average molecular weight is 178 g/mol. The first-order valence-electron chi connectivity index (χ1n) is 4.29. The van der Waals surface area contributed by atoms with Crippen LogP contribution in [0.15, 0.2) is 18.2 Å². The first-order valence-corrected chi connectivity index (χ1v) is 4.29. The van der Waals surface area contributed by atoms with Gasteiger partial charge in [0.05, 0.1) is 0 Å². The number of aryl methyl sites for hydroxylation is 1. The minimum atomic E-state index is -0.235. The molecular weight excluding hydrogens is 164 g/mol. The molecule has 0 aliphatic rings. The zero-order valence-corrected chi connectivity index (χ0v) is 8.26. The third-order valence-corrected chi connectivity index (χ3v) is 2.15. The van der Waals surface area contributed by atoms with Gasteiger partial charge < -0.3 is 4.74 Å². The Morgan fingerprint density at radius 2 is 2.08 bits per heavy atom. The van der Waals surface area contributed by atoms with Crippen molar-refractivity contribution < 1.29 is 9.53 Å². The molecule has 2 nitrogen and oxygen atoms in total. The molecule has 0 N–H and O–H groups in total. The summed E-state index contributed by atoms with van der Waals surface area (Å²) in [4.78, 5) is 10.6. The summed E-state index contributed by atoms with van der Waals surface area (Å²) in [6.45, 7) is 5.88. The van der Waals surface area contributed by atoms with Crippen molar-refractivity contribution in [2.45, 2.75) is 27.4 Å². The van der Waals surface area contributed by atoms with Gasteiger partial charge in [-0.2, -0.15) is 0 Å². The number of esters is 1. The molecule has 0 aliphatic carbocycles. The lowest BCUT2D eigenvalue weighted by Gasteiger charge is -2.07. The van der Waals surface area contributed by atoms with Crippen molar-refractivity contribution in [3.63, 3.8) is 0 Å². The Hall–Kier alpha value is -1.31. The van der Waals surface area contributed by atoms with E-state index in [-0.39, 0.29) is 5.97 Å². The number of carbonyl (C=O) groups excluding carboxylic acids is 1. The van der Waals surface area contributed by atoms with Gasteiger partial charge in [0.25, 0.3) is 0 Å². The Bertz CT molecular complexity index is 316. The summed E-state index contributed by atoms with van der Waals surface area (Å²) >= 11 is 0. The van der Waals surface area contributed by atoms with Crippen molar-refractivity contribution in [2.24, 2.45) is 0 Å². The smallest absolute Gasteiger partial charge is 0.302 e. The van der Waals surface area contributed by atoms with Gasteiger partial charge in [-0.15, -0.1) is 0 Å². The molecule has 0 fully saturated rings. The number of ether oxygens (including phenoxy) is 1. The molecule has 2 heteroatoms. The quantitative estimate of drug-likeness (QED) is 0.650. The molecule has 0 spiro atoms. The molecule has 1 rings (SSSR count). The van der Waals surface area contributed by atoms with E-state index >= 15 is 0 Å². The maximum absolute atomic E-state index is 10.6. The largest absolute Gasteiger partial charge is 0.461 e. The number of benzene rings is 1. The molecule has 0 saturated heterocycles. The Labute approximate surface area is 78.5 Å². The van der Waals surface area contributed by atoms with Gasteiger partial charge >= 0.3 is 5.97 Å². The van der Waals surface area contributed by atoms with Crippen LogP contribution in [-0.2, 0) is 16.1 Å². The molecule has 0 aliphatic heterocycles. The van der Waals surface area contributed by atoms with Crippen LogP contribution in [0.3, 0.4) is 0 Å². The molecule has 0 bridgehead atoms. The van der Waals surface area contributed by atoms with E-state index in [0.717, 1.165) is 5.56 Å². The summed E-state index contributed by atoms with van der Waals surface area (Å²) in [6, 6.07) is 6.00. The van der Waals surface area contributed by atoms with E-state index in [1.165, 1.54) is 18.1 Å². The molecule has 0 unspecified atom stereocenters. The average Bonchev–Trinajstić information content (AvgIpc) is 2.07. The van der Waals surface area contributed by atoms with Gasteiger partial charge in [-0.05, 0) is 30.5 Å². The highest BCUT2D eigenvalue weighted by Gasteiger charge is 2.01. The standard InChI is InChI=1S/C11H14O2/c1-8-5-4-6-11(9(8)2)7-13-10(3)12/h4-6H,7H2,1-3H3. The van der Waals surface area contributed by atoms with Crippen molar-refractivity contribution in [2.75, 3.05) is 0 Å². The van der Waals surface area contributed by atoms with E-state index in [9.17, 15) is 4.79 Å². The summed E-state index contributed by atoms with van der Waals surface area (Å²) in [5.74, 6) is -0.235. The van der Waals surface area contributed by atoms with Crippen LogP contribution < -0.4 is 0 Å². The maximum Gasteiger partial charge on any atom is 0.302 e. The fourth-order valence-corrected chi connectivity index (χ4v) is 1.15. The fourth-order valence-electron chi connectivity index (χ4n) is 1.15. The van der Waals surface area contributed by atoms with Crippen LogP contribution >= 0.6 is 0 Å². The molecular formula is C11H14O2. The van der Waals surface area contributed by atoms with Gasteiger partial charge in [0, 0.05) is 6.92 Å². The first-order chi connectivity index (χ1) is 6.11. The molecule has 0 atom stereocenters. The molecule has 0 heterocycles. The normalized spacial score (nSPS) is 9.77. The molecule has 1 aromatic rings. The second-order valence-electron chi connectivity index (χ2n) is 3.14. The fraction of sp³-hybridized carbons (Fsp3) is 0.364. The lowest BCUT2D eigenvalue weighted by molar-refractivity contribution is -0.142. The second-order valence-corrected chi connectivity index (χ2v) is 3.14. The highest BCUT2D eigenvalue weighted by molar-refractivity contribution is 5.66. The summed E-state index contributed by atoms with van der Waals surface area (Å²) in [6.07, 6.45) is 0.